The molecule has 232 valence electrons. The van der Waals surface area contributed by atoms with E-state index in [1.54, 1.807) is 6.92 Å². The number of amides is 1. The molecule has 0 N–H and O–H groups in total. The molecule has 0 spiro atoms. The van der Waals surface area contributed by atoms with Gasteiger partial charge < -0.3 is 19.1 Å². The number of rotatable bonds is 10. The molecular weight excluding hydrogens is 574 g/mol. The van der Waals surface area contributed by atoms with Crippen LogP contribution in [0.25, 0.3) is 0 Å². The van der Waals surface area contributed by atoms with Crippen molar-refractivity contribution in [2.75, 3.05) is 25.7 Å². The molecule has 43 heavy (non-hydrogen) atoms. The van der Waals surface area contributed by atoms with Crippen molar-refractivity contribution in [1.82, 2.24) is 20.0 Å². The van der Waals surface area contributed by atoms with Crippen molar-refractivity contribution in [2.24, 2.45) is 11.8 Å². The number of hydrogen-bond donors (Lipinski definition) is 0. The van der Waals surface area contributed by atoms with Crippen LogP contribution in [0.15, 0.2) is 36.8 Å². The fourth-order valence-electron chi connectivity index (χ4n) is 5.17. The van der Waals surface area contributed by atoms with E-state index >= 15 is 4.39 Å². The van der Waals surface area contributed by atoms with Gasteiger partial charge in [0.1, 0.15) is 11.1 Å². The summed E-state index contributed by atoms with van der Waals surface area (Å²) in [4.78, 5) is 33.0. The molecule has 0 radical (unpaired) electrons. The quantitative estimate of drug-likeness (QED) is 0.215. The van der Waals surface area contributed by atoms with Crippen LogP contribution in [0.2, 0.25) is 0 Å². The van der Waals surface area contributed by atoms with Crippen LogP contribution < -0.4 is 9.64 Å². The summed E-state index contributed by atoms with van der Waals surface area (Å²) >= 11 is 0. The lowest BCUT2D eigenvalue weighted by molar-refractivity contribution is -0.139. The molecule has 1 aliphatic carbocycles. The number of hydrogen-bond acceptors (Lipinski definition) is 8. The number of halogens is 4. The largest absolute Gasteiger partial charge is 0.465 e. The minimum absolute atomic E-state index is 0.0780. The van der Waals surface area contributed by atoms with Gasteiger partial charge in [-0.25, -0.2) is 14.2 Å². The minimum Gasteiger partial charge on any atom is -0.465 e. The maximum absolute atomic E-state index is 16.1. The maximum Gasteiger partial charge on any atom is 0.421 e. The Morgan fingerprint density at radius 2 is 1.79 bits per heavy atom. The fraction of sp³-hybridized carbons (Fsp3) is 0.483. The van der Waals surface area contributed by atoms with Crippen molar-refractivity contribution in [2.45, 2.75) is 58.3 Å². The van der Waals surface area contributed by atoms with Crippen LogP contribution in [0.5, 0.6) is 11.6 Å². The molecule has 3 aromatic rings. The normalized spacial score (nSPS) is 17.8. The van der Waals surface area contributed by atoms with Crippen molar-refractivity contribution >= 4 is 17.6 Å². The third-order valence-corrected chi connectivity index (χ3v) is 7.40. The van der Waals surface area contributed by atoms with Gasteiger partial charge in [-0.3, -0.25) is 4.79 Å². The highest BCUT2D eigenvalue weighted by Crippen LogP contribution is 2.40. The number of nitrogens with zero attached hydrogens (tertiary/aromatic N) is 5. The average molecular weight is 608 g/mol. The van der Waals surface area contributed by atoms with Crippen LogP contribution in [0.1, 0.15) is 61.0 Å². The molecule has 2 heterocycles. The minimum atomic E-state index is -4.91. The molecule has 10 nitrogen and oxygen atoms in total. The second kappa shape index (κ2) is 13.5. The molecule has 2 aromatic heterocycles. The van der Waals surface area contributed by atoms with E-state index in [4.69, 9.17) is 14.2 Å². The third kappa shape index (κ3) is 7.29. The number of alkyl halides is 3. The van der Waals surface area contributed by atoms with Gasteiger partial charge >= 0.3 is 12.1 Å². The van der Waals surface area contributed by atoms with Crippen molar-refractivity contribution in [1.29, 1.82) is 0 Å². The zero-order chi connectivity index (χ0) is 31.3. The van der Waals surface area contributed by atoms with Gasteiger partial charge in [0.05, 0.1) is 44.4 Å². The standard InChI is InChI=1S/C29H33F4N5O5/c1-17-5-7-20(8-6-17)27(39)38(18(2)16-41-3)22-9-10-23(25(30)24(22)28(40)42-4)43-26-21(29(31,32)33)13-19(14-34-26)15-37-35-11-12-36-37/h9-14,17-18,20H,5-8,15-16H2,1-4H3/t17-,18-,20-/m0/s1. The Kier molecular flexibility index (Phi) is 9.99. The number of ether oxygens (including phenoxy) is 3. The molecule has 0 bridgehead atoms. The fourth-order valence-corrected chi connectivity index (χ4v) is 5.17. The second-order valence-corrected chi connectivity index (χ2v) is 10.6. The summed E-state index contributed by atoms with van der Waals surface area (Å²) in [6, 6.07) is 2.51. The molecule has 1 atom stereocenters. The second-order valence-electron chi connectivity index (χ2n) is 10.6. The zero-order valence-corrected chi connectivity index (χ0v) is 24.2. The summed E-state index contributed by atoms with van der Waals surface area (Å²) in [5.41, 5.74) is -1.90. The summed E-state index contributed by atoms with van der Waals surface area (Å²) in [6.07, 6.45) is 1.92. The first-order chi connectivity index (χ1) is 20.4. The highest BCUT2D eigenvalue weighted by molar-refractivity contribution is 6.04. The van der Waals surface area contributed by atoms with Crippen LogP contribution in [-0.4, -0.2) is 58.7 Å². The number of pyridine rings is 1. The lowest BCUT2D eigenvalue weighted by atomic mass is 9.82. The van der Waals surface area contributed by atoms with Crippen LogP contribution >= 0.6 is 0 Å². The van der Waals surface area contributed by atoms with Crippen molar-refractivity contribution < 1.29 is 41.4 Å². The molecule has 1 aliphatic rings. The van der Waals surface area contributed by atoms with Crippen molar-refractivity contribution in [3.05, 3.63) is 59.3 Å². The number of benzene rings is 1. The highest BCUT2D eigenvalue weighted by Gasteiger charge is 2.38. The maximum atomic E-state index is 16.1. The number of aromatic nitrogens is 4. The van der Waals surface area contributed by atoms with Gasteiger partial charge in [0, 0.05) is 19.2 Å². The molecule has 0 saturated heterocycles. The van der Waals surface area contributed by atoms with E-state index in [0.717, 1.165) is 38.3 Å². The summed E-state index contributed by atoms with van der Waals surface area (Å²) in [5.74, 6) is -4.26. The number of esters is 1. The molecule has 14 heteroatoms. The van der Waals surface area contributed by atoms with Gasteiger partial charge in [-0.05, 0) is 62.3 Å². The van der Waals surface area contributed by atoms with E-state index in [1.165, 1.54) is 35.3 Å². The van der Waals surface area contributed by atoms with Crippen LogP contribution in [0, 0.1) is 17.7 Å². The first kappa shape index (κ1) is 31.9. The van der Waals surface area contributed by atoms with Gasteiger partial charge in [-0.2, -0.15) is 28.2 Å². The SMILES string of the molecule is COC[C@H](C)N(c1ccc(Oc2ncc(Cn3nccn3)cc2C(F)(F)F)c(F)c1C(=O)OC)C(=O)[C@H]1CC[C@H](C)CC1. The smallest absolute Gasteiger partial charge is 0.421 e. The van der Waals surface area contributed by atoms with E-state index in [9.17, 15) is 22.8 Å². The van der Waals surface area contributed by atoms with Crippen LogP contribution in [-0.2, 0) is 27.0 Å². The summed E-state index contributed by atoms with van der Waals surface area (Å²) in [7, 11) is 2.48. The van der Waals surface area contributed by atoms with Gasteiger partial charge in [-0.15, -0.1) is 0 Å². The Bertz CT molecular complexity index is 1430. The average Bonchev–Trinajstić information content (AvgIpc) is 3.48. The Morgan fingerprint density at radius 3 is 2.40 bits per heavy atom. The number of carbonyl (C=O) groups is 2. The Labute approximate surface area is 245 Å². The summed E-state index contributed by atoms with van der Waals surface area (Å²) < 4.78 is 73.5. The molecule has 4 rings (SSSR count). The Morgan fingerprint density at radius 1 is 1.12 bits per heavy atom. The van der Waals surface area contributed by atoms with Gasteiger partial charge in [0.15, 0.2) is 11.6 Å². The molecule has 0 aliphatic heterocycles. The number of methoxy groups -OCH3 is 2. The van der Waals surface area contributed by atoms with E-state index in [1.807, 2.05) is 0 Å². The van der Waals surface area contributed by atoms with Gasteiger partial charge in [0.2, 0.25) is 11.8 Å². The highest BCUT2D eigenvalue weighted by atomic mass is 19.4. The van der Waals surface area contributed by atoms with Crippen LogP contribution in [0.4, 0.5) is 23.2 Å². The predicted octanol–water partition coefficient (Wildman–Crippen LogP) is 5.65. The molecule has 0 unspecified atom stereocenters. The molecular formula is C29H33F4N5O5. The monoisotopic (exact) mass is 607 g/mol. The van der Waals surface area contributed by atoms with E-state index in [0.29, 0.717) is 18.8 Å². The number of anilines is 1. The first-order valence-electron chi connectivity index (χ1n) is 13.7. The lowest BCUT2D eigenvalue weighted by Gasteiger charge is -2.35. The Hall–Kier alpha value is -4.07. The summed E-state index contributed by atoms with van der Waals surface area (Å²) in [5, 5.41) is 7.73. The van der Waals surface area contributed by atoms with Gasteiger partial charge in [0.25, 0.3) is 0 Å². The van der Waals surface area contributed by atoms with Crippen molar-refractivity contribution in [3.8, 4) is 11.6 Å². The molecule has 1 saturated carbocycles. The third-order valence-electron chi connectivity index (χ3n) is 7.40. The van der Waals surface area contributed by atoms with Crippen LogP contribution in [0.3, 0.4) is 0 Å². The molecule has 1 aromatic carbocycles. The van der Waals surface area contributed by atoms with E-state index < -0.39 is 46.8 Å². The lowest BCUT2D eigenvalue weighted by Crippen LogP contribution is -2.46. The summed E-state index contributed by atoms with van der Waals surface area (Å²) in [6.45, 7) is 3.78. The predicted molar refractivity (Wildman–Crippen MR) is 146 cm³/mol. The topological polar surface area (TPSA) is 109 Å². The van der Waals surface area contributed by atoms with E-state index in [-0.39, 0.29) is 36.2 Å². The van der Waals surface area contributed by atoms with E-state index in [2.05, 4.69) is 22.1 Å². The first-order valence-corrected chi connectivity index (χ1v) is 13.7. The van der Waals surface area contributed by atoms with Crippen molar-refractivity contribution in [3.63, 3.8) is 0 Å². The zero-order valence-electron chi connectivity index (χ0n) is 24.2. The van der Waals surface area contributed by atoms with Gasteiger partial charge in [-0.1, -0.05) is 6.92 Å². The number of carbonyl (C=O) groups excluding carboxylic acids is 2. The Balaban J connectivity index is 1.75. The molecule has 1 amide bonds. The molecule has 1 fully saturated rings.